The van der Waals surface area contributed by atoms with Gasteiger partial charge in [-0.3, -0.25) is 4.79 Å². The number of fused-ring (bicyclic) bond motifs is 2. The van der Waals surface area contributed by atoms with Gasteiger partial charge in [-0.1, -0.05) is 45.8 Å². The first-order valence-corrected chi connectivity index (χ1v) is 11.7. The average Bonchev–Trinajstić information content (AvgIpc) is 3.25. The zero-order chi connectivity index (χ0) is 21.9. The lowest BCUT2D eigenvalue weighted by Gasteiger charge is -2.58. The molecule has 4 aliphatic carbocycles. The Morgan fingerprint density at radius 3 is 2.73 bits per heavy atom. The zero-order valence-corrected chi connectivity index (χ0v) is 18.7. The second kappa shape index (κ2) is 7.19. The van der Waals surface area contributed by atoms with Gasteiger partial charge in [-0.15, -0.1) is 0 Å². The van der Waals surface area contributed by atoms with E-state index in [0.29, 0.717) is 26.1 Å². The Kier molecular flexibility index (Phi) is 5.17. The number of carbonyl (C=O) groups is 2. The molecule has 4 aliphatic rings. The van der Waals surface area contributed by atoms with Crippen LogP contribution >= 0.6 is 0 Å². The van der Waals surface area contributed by atoms with Crippen LogP contribution in [0.2, 0.25) is 0 Å². The number of nitrogens with zero attached hydrogens (tertiary/aromatic N) is 1. The minimum atomic E-state index is -1.21. The highest BCUT2D eigenvalue weighted by atomic mass is 16.5. The molecule has 0 aromatic rings. The van der Waals surface area contributed by atoms with Gasteiger partial charge in [0.1, 0.15) is 11.7 Å². The Bertz CT molecular complexity index is 812. The molecule has 0 aromatic carbocycles. The highest BCUT2D eigenvalue weighted by Crippen LogP contribution is 2.82. The van der Waals surface area contributed by atoms with Gasteiger partial charge >= 0.3 is 5.97 Å². The molecule has 0 heterocycles. The molecule has 0 aromatic heterocycles. The van der Waals surface area contributed by atoms with Crippen molar-refractivity contribution in [1.29, 1.82) is 5.26 Å². The Hall–Kier alpha value is -1.67. The standard InChI is InChI=1S/C25H35NO4/c1-5-6-7-30-14-24-11-19-16(4)17(12-26)8-21(19)23(13-27)10-18(24)9-20(15(2)3)25(23,24)22(28)29/h9,13,15-19,21H,5-8,10-11,14H2,1-4H3,(H,28,29)/t16?,17?,18?,19?,21?,23-,24+,25-/m0/s1. The average molecular weight is 414 g/mol. The number of unbranched alkanes of at least 4 members (excludes halogenated alkanes) is 1. The van der Waals surface area contributed by atoms with E-state index >= 15 is 0 Å². The molecule has 0 amide bonds. The van der Waals surface area contributed by atoms with Gasteiger partial charge in [0.2, 0.25) is 0 Å². The fourth-order valence-corrected chi connectivity index (χ4v) is 8.30. The van der Waals surface area contributed by atoms with Crippen molar-refractivity contribution in [1.82, 2.24) is 0 Å². The van der Waals surface area contributed by atoms with Crippen LogP contribution in [-0.4, -0.2) is 30.6 Å². The quantitative estimate of drug-likeness (QED) is 0.360. The van der Waals surface area contributed by atoms with E-state index in [0.717, 1.165) is 31.1 Å². The van der Waals surface area contributed by atoms with Crippen LogP contribution < -0.4 is 0 Å². The van der Waals surface area contributed by atoms with E-state index in [2.05, 4.69) is 26.0 Å². The number of allylic oxidation sites excluding steroid dienone is 1. The van der Waals surface area contributed by atoms with Gasteiger partial charge in [0.05, 0.1) is 18.1 Å². The molecule has 164 valence electrons. The van der Waals surface area contributed by atoms with Crippen molar-refractivity contribution in [2.75, 3.05) is 13.2 Å². The molecule has 4 bridgehead atoms. The molecule has 0 radical (unpaired) electrons. The first-order chi connectivity index (χ1) is 14.3. The molecule has 0 aliphatic heterocycles. The molecule has 3 saturated carbocycles. The summed E-state index contributed by atoms with van der Waals surface area (Å²) in [5.74, 6) is -0.515. The Morgan fingerprint density at radius 1 is 1.43 bits per heavy atom. The first kappa shape index (κ1) is 21.6. The predicted molar refractivity (Wildman–Crippen MR) is 112 cm³/mol. The Morgan fingerprint density at radius 2 is 2.17 bits per heavy atom. The van der Waals surface area contributed by atoms with Gasteiger partial charge in [-0.2, -0.15) is 5.26 Å². The van der Waals surface area contributed by atoms with E-state index < -0.39 is 22.2 Å². The molecule has 5 heteroatoms. The molecule has 0 spiro atoms. The van der Waals surface area contributed by atoms with Crippen molar-refractivity contribution in [3.63, 3.8) is 0 Å². The first-order valence-electron chi connectivity index (χ1n) is 11.7. The highest BCUT2D eigenvalue weighted by Gasteiger charge is 2.84. The number of carboxylic acid groups (broad SMARTS) is 1. The van der Waals surface area contributed by atoms with E-state index in [9.17, 15) is 20.0 Å². The van der Waals surface area contributed by atoms with Gasteiger partial charge in [-0.05, 0) is 55.3 Å². The summed E-state index contributed by atoms with van der Waals surface area (Å²) in [6, 6.07) is 2.45. The summed E-state index contributed by atoms with van der Waals surface area (Å²) >= 11 is 0. The summed E-state index contributed by atoms with van der Waals surface area (Å²) in [5.41, 5.74) is -1.82. The van der Waals surface area contributed by atoms with Crippen molar-refractivity contribution in [3.8, 4) is 6.07 Å². The number of hydrogen-bond donors (Lipinski definition) is 1. The lowest BCUT2D eigenvalue weighted by atomic mass is 9.43. The van der Waals surface area contributed by atoms with E-state index in [1.54, 1.807) is 0 Å². The van der Waals surface area contributed by atoms with Crippen molar-refractivity contribution in [2.45, 2.75) is 59.8 Å². The van der Waals surface area contributed by atoms with E-state index in [-0.39, 0.29) is 35.5 Å². The van der Waals surface area contributed by atoms with Crippen molar-refractivity contribution in [3.05, 3.63) is 11.6 Å². The largest absolute Gasteiger partial charge is 0.481 e. The lowest BCUT2D eigenvalue weighted by molar-refractivity contribution is -0.186. The van der Waals surface area contributed by atoms with Gasteiger partial charge in [0.15, 0.2) is 0 Å². The second-order valence-corrected chi connectivity index (χ2v) is 10.7. The van der Waals surface area contributed by atoms with E-state index in [1.165, 1.54) is 0 Å². The maximum absolute atomic E-state index is 13.3. The minimum absolute atomic E-state index is 0.0398. The molecular formula is C25H35NO4. The molecule has 3 fully saturated rings. The zero-order valence-electron chi connectivity index (χ0n) is 18.7. The molecular weight excluding hydrogens is 378 g/mol. The maximum atomic E-state index is 13.3. The van der Waals surface area contributed by atoms with Crippen LogP contribution in [0.25, 0.3) is 0 Å². The van der Waals surface area contributed by atoms with Crippen LogP contribution in [0, 0.1) is 63.1 Å². The summed E-state index contributed by atoms with van der Waals surface area (Å²) < 4.78 is 6.17. The number of carboxylic acids is 1. The molecule has 5 nitrogen and oxygen atoms in total. The minimum Gasteiger partial charge on any atom is -0.481 e. The molecule has 5 unspecified atom stereocenters. The van der Waals surface area contributed by atoms with Crippen molar-refractivity contribution < 1.29 is 19.4 Å². The van der Waals surface area contributed by atoms with Crippen LogP contribution in [0.3, 0.4) is 0 Å². The third kappa shape index (κ3) is 2.27. The summed E-state index contributed by atoms with van der Waals surface area (Å²) in [6.07, 6.45) is 7.13. The monoisotopic (exact) mass is 413 g/mol. The summed E-state index contributed by atoms with van der Waals surface area (Å²) in [7, 11) is 0. The number of rotatable bonds is 8. The second-order valence-electron chi connectivity index (χ2n) is 10.7. The fourth-order valence-electron chi connectivity index (χ4n) is 8.30. The number of aldehydes is 1. The number of nitriles is 1. The fraction of sp³-hybridized carbons (Fsp3) is 0.800. The number of hydrogen-bond acceptors (Lipinski definition) is 4. The Labute approximate surface area is 179 Å². The van der Waals surface area contributed by atoms with Crippen molar-refractivity contribution >= 4 is 12.3 Å². The van der Waals surface area contributed by atoms with Gasteiger partial charge in [0.25, 0.3) is 0 Å². The summed E-state index contributed by atoms with van der Waals surface area (Å²) in [4.78, 5) is 26.2. The Balaban J connectivity index is 1.90. The SMILES string of the molecule is CCCCOC[C@]12CC3C(C)C(C#N)CC3[C@@]3(C=O)CC1C=C(C(C)C)[C@@]23C(=O)O. The molecule has 4 rings (SSSR count). The summed E-state index contributed by atoms with van der Waals surface area (Å²) in [6.45, 7) is 9.34. The third-order valence-corrected chi connectivity index (χ3v) is 9.44. The van der Waals surface area contributed by atoms with Gasteiger partial charge in [-0.25, -0.2) is 0 Å². The maximum Gasteiger partial charge on any atom is 0.315 e. The van der Waals surface area contributed by atoms with Crippen molar-refractivity contribution in [2.24, 2.45) is 51.8 Å². The van der Waals surface area contributed by atoms with Crippen LogP contribution in [0.15, 0.2) is 11.6 Å². The lowest BCUT2D eigenvalue weighted by Crippen LogP contribution is -2.63. The highest BCUT2D eigenvalue weighted by molar-refractivity contribution is 5.90. The van der Waals surface area contributed by atoms with Crippen LogP contribution in [0.4, 0.5) is 0 Å². The normalized spacial score (nSPS) is 45.9. The van der Waals surface area contributed by atoms with E-state index in [1.807, 2.05) is 13.8 Å². The van der Waals surface area contributed by atoms with Crippen LogP contribution in [0.5, 0.6) is 0 Å². The predicted octanol–water partition coefficient (Wildman–Crippen LogP) is 4.48. The van der Waals surface area contributed by atoms with Gasteiger partial charge in [0, 0.05) is 17.9 Å². The van der Waals surface area contributed by atoms with Crippen LogP contribution in [0.1, 0.15) is 59.8 Å². The van der Waals surface area contributed by atoms with Gasteiger partial charge < -0.3 is 14.6 Å². The molecule has 30 heavy (non-hydrogen) atoms. The van der Waals surface area contributed by atoms with Crippen LogP contribution in [-0.2, 0) is 14.3 Å². The third-order valence-electron chi connectivity index (χ3n) is 9.44. The van der Waals surface area contributed by atoms with E-state index in [4.69, 9.17) is 4.74 Å². The topological polar surface area (TPSA) is 87.4 Å². The smallest absolute Gasteiger partial charge is 0.315 e. The summed E-state index contributed by atoms with van der Waals surface area (Å²) in [5, 5.41) is 20.6. The number of ether oxygens (including phenoxy) is 1. The molecule has 8 atom stereocenters. The number of carbonyl (C=O) groups excluding carboxylic acids is 1. The molecule has 1 N–H and O–H groups in total. The number of aliphatic carboxylic acids is 1. The molecule has 0 saturated heterocycles.